The van der Waals surface area contributed by atoms with Gasteiger partial charge >= 0.3 is 7.12 Å². The lowest BCUT2D eigenvalue weighted by Crippen LogP contribution is -2.68. The van der Waals surface area contributed by atoms with Crippen LogP contribution >= 0.6 is 0 Å². The lowest BCUT2D eigenvalue weighted by molar-refractivity contribution is -0.356. The van der Waals surface area contributed by atoms with Crippen LogP contribution in [-0.4, -0.2) is 50.0 Å². The minimum Gasteiger partial charge on any atom is -0.404 e. The van der Waals surface area contributed by atoms with E-state index in [1.807, 2.05) is 66.7 Å². The van der Waals surface area contributed by atoms with Crippen LogP contribution < -0.4 is 5.46 Å². The smallest absolute Gasteiger partial charge is 0.404 e. The molecule has 0 spiro atoms. The van der Waals surface area contributed by atoms with Gasteiger partial charge in [-0.1, -0.05) is 91.0 Å². The van der Waals surface area contributed by atoms with E-state index in [1.54, 1.807) is 0 Å². The Labute approximate surface area is 255 Å². The third kappa shape index (κ3) is 5.96. The van der Waals surface area contributed by atoms with E-state index in [-0.39, 0.29) is 17.8 Å². The first-order valence-electron chi connectivity index (χ1n) is 16.2. The average molecular weight is 581 g/mol. The van der Waals surface area contributed by atoms with Crippen LogP contribution in [0.5, 0.6) is 0 Å². The maximum absolute atomic E-state index is 7.20. The van der Waals surface area contributed by atoms with E-state index in [1.165, 1.54) is 19.3 Å². The largest absolute Gasteiger partial charge is 0.494 e. The van der Waals surface area contributed by atoms with Crippen molar-refractivity contribution in [3.8, 4) is 0 Å². The Bertz CT molecular complexity index is 1300. The first kappa shape index (κ1) is 28.0. The van der Waals surface area contributed by atoms with Crippen molar-refractivity contribution in [1.29, 1.82) is 0 Å². The summed E-state index contributed by atoms with van der Waals surface area (Å²) in [5.41, 5.74) is 3.05. The molecule has 1 unspecified atom stereocenters. The zero-order valence-electron chi connectivity index (χ0n) is 24.7. The fourth-order valence-corrected chi connectivity index (χ4v) is 8.74. The third-order valence-electron chi connectivity index (χ3n) is 10.3. The Morgan fingerprint density at radius 2 is 1.21 bits per heavy atom. The highest BCUT2D eigenvalue weighted by Crippen LogP contribution is 2.58. The number of hydrogen-bond acceptors (Lipinski definition) is 6. The molecule has 2 heterocycles. The van der Waals surface area contributed by atoms with Crippen LogP contribution in [0.3, 0.4) is 0 Å². The predicted molar refractivity (Wildman–Crippen MR) is 163 cm³/mol. The van der Waals surface area contributed by atoms with Gasteiger partial charge in [0.25, 0.3) is 0 Å². The summed E-state index contributed by atoms with van der Waals surface area (Å²) in [6, 6.07) is 30.7. The fraction of sp³-hybridized carbons (Fsp3) is 0.500. The zero-order chi connectivity index (χ0) is 28.6. The lowest BCUT2D eigenvalue weighted by Gasteiger charge is -2.58. The van der Waals surface area contributed by atoms with Crippen molar-refractivity contribution >= 4 is 12.6 Å². The molecule has 0 radical (unpaired) electrons. The molecule has 2 aliphatic heterocycles. The van der Waals surface area contributed by atoms with Gasteiger partial charge in [-0.3, -0.25) is 0 Å². The molecule has 2 saturated heterocycles. The Morgan fingerprint density at radius 1 is 0.674 bits per heavy atom. The molecular formula is C36H41BO6. The summed E-state index contributed by atoms with van der Waals surface area (Å²) >= 11 is 0. The van der Waals surface area contributed by atoms with Gasteiger partial charge in [-0.05, 0) is 72.9 Å². The van der Waals surface area contributed by atoms with E-state index in [0.29, 0.717) is 19.8 Å². The van der Waals surface area contributed by atoms with Crippen LogP contribution in [0.25, 0.3) is 0 Å². The molecule has 0 aromatic heterocycles. The fourth-order valence-electron chi connectivity index (χ4n) is 8.74. The second-order valence-electron chi connectivity index (χ2n) is 13.5. The first-order valence-corrected chi connectivity index (χ1v) is 16.2. The third-order valence-corrected chi connectivity index (χ3v) is 10.3. The highest BCUT2D eigenvalue weighted by molar-refractivity contribution is 6.61. The SMILES string of the molecule is c1ccc(CO[C@H]2[C@@H]3OB(c4ccccc4)OC[C@H]3OC(OC34CC5CC(CC(C5)C3)C4)[C@@H]2OCc2ccccc2)cc1. The van der Waals surface area contributed by atoms with Gasteiger partial charge in [0.05, 0.1) is 25.4 Å². The van der Waals surface area contributed by atoms with Gasteiger partial charge in [0.2, 0.25) is 0 Å². The Morgan fingerprint density at radius 3 is 1.79 bits per heavy atom. The van der Waals surface area contributed by atoms with Crippen LogP contribution in [0.4, 0.5) is 0 Å². The summed E-state index contributed by atoms with van der Waals surface area (Å²) in [5.74, 6) is 2.30. The molecule has 224 valence electrons. The van der Waals surface area contributed by atoms with Gasteiger partial charge in [-0.2, -0.15) is 0 Å². The highest BCUT2D eigenvalue weighted by Gasteiger charge is 2.57. The van der Waals surface area contributed by atoms with Crippen molar-refractivity contribution in [2.45, 2.75) is 88.0 Å². The Kier molecular flexibility index (Phi) is 7.89. The van der Waals surface area contributed by atoms with Crippen LogP contribution in [0.1, 0.15) is 49.7 Å². The minimum absolute atomic E-state index is 0.145. The summed E-state index contributed by atoms with van der Waals surface area (Å²) in [7, 11) is -0.496. The average Bonchev–Trinajstić information content (AvgIpc) is 3.03. The van der Waals surface area contributed by atoms with Crippen LogP contribution in [0.15, 0.2) is 91.0 Å². The van der Waals surface area contributed by atoms with Gasteiger partial charge in [0.1, 0.15) is 24.4 Å². The molecule has 4 bridgehead atoms. The highest BCUT2D eigenvalue weighted by atomic mass is 16.7. The van der Waals surface area contributed by atoms with Gasteiger partial charge in [0, 0.05) is 0 Å². The number of rotatable bonds is 9. The minimum atomic E-state index is -0.567. The van der Waals surface area contributed by atoms with Crippen molar-refractivity contribution in [3.63, 3.8) is 0 Å². The summed E-state index contributed by atoms with van der Waals surface area (Å²) in [6.45, 7) is 1.29. The summed E-state index contributed by atoms with van der Waals surface area (Å²) in [6.07, 6.45) is 5.31. The lowest BCUT2D eigenvalue weighted by atomic mass is 9.54. The van der Waals surface area contributed by atoms with Crippen LogP contribution in [0, 0.1) is 17.8 Å². The molecule has 0 N–H and O–H groups in total. The number of ether oxygens (including phenoxy) is 4. The molecule has 7 heteroatoms. The van der Waals surface area contributed by atoms with E-state index < -0.39 is 25.6 Å². The van der Waals surface area contributed by atoms with Gasteiger partial charge in [-0.25, -0.2) is 0 Å². The monoisotopic (exact) mass is 580 g/mol. The predicted octanol–water partition coefficient (Wildman–Crippen LogP) is 5.68. The molecule has 6 aliphatic rings. The molecular weight excluding hydrogens is 539 g/mol. The second kappa shape index (κ2) is 12.1. The number of hydrogen-bond donors (Lipinski definition) is 0. The van der Waals surface area contributed by atoms with Crippen molar-refractivity contribution in [3.05, 3.63) is 102 Å². The molecule has 4 saturated carbocycles. The molecule has 6 nitrogen and oxygen atoms in total. The number of benzene rings is 3. The van der Waals surface area contributed by atoms with Gasteiger partial charge < -0.3 is 28.3 Å². The van der Waals surface area contributed by atoms with Crippen LogP contribution in [-0.2, 0) is 41.5 Å². The van der Waals surface area contributed by atoms with Crippen molar-refractivity contribution < 1.29 is 28.3 Å². The van der Waals surface area contributed by atoms with Gasteiger partial charge in [-0.15, -0.1) is 0 Å². The van der Waals surface area contributed by atoms with Crippen molar-refractivity contribution in [1.82, 2.24) is 0 Å². The number of fused-ring (bicyclic) bond motifs is 1. The second-order valence-corrected chi connectivity index (χ2v) is 13.5. The van der Waals surface area contributed by atoms with E-state index in [0.717, 1.165) is 53.6 Å². The summed E-state index contributed by atoms with van der Waals surface area (Å²) < 4.78 is 40.6. The zero-order valence-corrected chi connectivity index (χ0v) is 24.7. The molecule has 0 amide bonds. The molecule has 9 rings (SSSR count). The van der Waals surface area contributed by atoms with E-state index >= 15 is 0 Å². The Balaban J connectivity index is 1.10. The summed E-state index contributed by atoms with van der Waals surface area (Å²) in [5, 5.41) is 0. The van der Waals surface area contributed by atoms with Gasteiger partial charge in [0.15, 0.2) is 6.29 Å². The quantitative estimate of drug-likeness (QED) is 0.304. The molecule has 5 atom stereocenters. The molecule has 3 aromatic carbocycles. The molecule has 6 fully saturated rings. The standard InChI is InChI=1S/C36H41BO6/c1-4-10-25(11-5-1)22-38-33-32-31(24-40-37(43-32)30-14-8-3-9-15-30)41-35(34(33)39-23-26-12-6-2-7-13-26)42-36-19-27-16-28(20-36)18-29(17-27)21-36/h1-15,27-29,31-35H,16-24H2/t27?,28?,29?,31-,32-,33+,34-,35?,36?/m1/s1. The maximum Gasteiger partial charge on any atom is 0.494 e. The van der Waals surface area contributed by atoms with Crippen molar-refractivity contribution in [2.75, 3.05) is 6.61 Å². The van der Waals surface area contributed by atoms with Crippen molar-refractivity contribution in [2.24, 2.45) is 17.8 Å². The molecule has 3 aromatic rings. The maximum atomic E-state index is 7.20. The summed E-state index contributed by atoms with van der Waals surface area (Å²) in [4.78, 5) is 0. The van der Waals surface area contributed by atoms with E-state index in [4.69, 9.17) is 28.3 Å². The van der Waals surface area contributed by atoms with E-state index in [9.17, 15) is 0 Å². The van der Waals surface area contributed by atoms with Crippen LogP contribution in [0.2, 0.25) is 0 Å². The topological polar surface area (TPSA) is 55.4 Å². The Hall–Kier alpha value is -2.52. The first-order chi connectivity index (χ1) is 21.2. The molecule has 4 aliphatic carbocycles. The molecule has 43 heavy (non-hydrogen) atoms. The normalized spacial score (nSPS) is 36.4. The van der Waals surface area contributed by atoms with E-state index in [2.05, 4.69) is 24.3 Å².